The molecule has 1 aromatic carbocycles. The Morgan fingerprint density at radius 2 is 2.00 bits per heavy atom. The van der Waals surface area contributed by atoms with Gasteiger partial charge in [-0.05, 0) is 18.2 Å². The molecule has 92 valence electrons. The molecule has 1 aliphatic heterocycles. The van der Waals surface area contributed by atoms with Crippen LogP contribution in [-0.4, -0.2) is 29.9 Å². The standard InChI is InChI=1S/C13H16BrNOS/c1-9-6-15(7-10(2)17-9)13-5-12(14)4-3-11(13)8-16/h3-5,8-10H,6-7H2,1-2H3. The predicted octanol–water partition coefficient (Wildman–Crippen LogP) is 3.59. The molecular weight excluding hydrogens is 298 g/mol. The third-order valence-electron chi connectivity index (χ3n) is 2.88. The Labute approximate surface area is 115 Å². The molecule has 0 aliphatic carbocycles. The minimum Gasteiger partial charge on any atom is -0.369 e. The van der Waals surface area contributed by atoms with Gasteiger partial charge in [-0.15, -0.1) is 0 Å². The Morgan fingerprint density at radius 3 is 2.59 bits per heavy atom. The quantitative estimate of drug-likeness (QED) is 0.778. The maximum Gasteiger partial charge on any atom is 0.152 e. The molecule has 0 radical (unpaired) electrons. The fourth-order valence-corrected chi connectivity index (χ4v) is 3.94. The molecule has 1 aromatic rings. The second-order valence-corrected chi connectivity index (χ2v) is 7.28. The average Bonchev–Trinajstić information content (AvgIpc) is 2.27. The first-order valence-corrected chi connectivity index (χ1v) is 7.49. The van der Waals surface area contributed by atoms with E-state index in [1.165, 1.54) is 0 Å². The normalized spacial score (nSPS) is 24.8. The van der Waals surface area contributed by atoms with Gasteiger partial charge in [0.1, 0.15) is 0 Å². The minimum absolute atomic E-state index is 0.609. The first kappa shape index (κ1) is 13.0. The van der Waals surface area contributed by atoms with Crippen molar-refractivity contribution in [3.63, 3.8) is 0 Å². The molecule has 2 atom stereocenters. The highest BCUT2D eigenvalue weighted by atomic mass is 79.9. The molecule has 0 aromatic heterocycles. The molecular formula is C13H16BrNOS. The number of aldehydes is 1. The molecule has 1 saturated heterocycles. The van der Waals surface area contributed by atoms with Crippen molar-refractivity contribution in [2.75, 3.05) is 18.0 Å². The third-order valence-corrected chi connectivity index (χ3v) is 4.60. The molecule has 17 heavy (non-hydrogen) atoms. The van der Waals surface area contributed by atoms with Crippen molar-refractivity contribution < 1.29 is 4.79 Å². The van der Waals surface area contributed by atoms with Gasteiger partial charge in [0, 0.05) is 39.3 Å². The van der Waals surface area contributed by atoms with E-state index < -0.39 is 0 Å². The fraction of sp³-hybridized carbons (Fsp3) is 0.462. The average molecular weight is 314 g/mol. The van der Waals surface area contributed by atoms with Crippen LogP contribution in [0.15, 0.2) is 22.7 Å². The van der Waals surface area contributed by atoms with Crippen LogP contribution in [0.4, 0.5) is 5.69 Å². The molecule has 0 bridgehead atoms. The molecule has 0 saturated carbocycles. The molecule has 2 unspecified atom stereocenters. The first-order valence-electron chi connectivity index (χ1n) is 5.75. The first-order chi connectivity index (χ1) is 8.10. The Kier molecular flexibility index (Phi) is 4.15. The van der Waals surface area contributed by atoms with E-state index in [1.54, 1.807) is 0 Å². The van der Waals surface area contributed by atoms with E-state index in [1.807, 2.05) is 30.0 Å². The van der Waals surface area contributed by atoms with Crippen LogP contribution < -0.4 is 4.90 Å². The Hall–Kier alpha value is -0.480. The maximum atomic E-state index is 11.1. The van der Waals surface area contributed by atoms with Crippen LogP contribution in [0.3, 0.4) is 0 Å². The summed E-state index contributed by atoms with van der Waals surface area (Å²) in [5.41, 5.74) is 1.83. The van der Waals surface area contributed by atoms with Crippen molar-refractivity contribution in [1.29, 1.82) is 0 Å². The van der Waals surface area contributed by atoms with Gasteiger partial charge in [-0.3, -0.25) is 4.79 Å². The summed E-state index contributed by atoms with van der Waals surface area (Å²) < 4.78 is 1.02. The molecule has 1 fully saturated rings. The third kappa shape index (κ3) is 3.05. The highest BCUT2D eigenvalue weighted by molar-refractivity contribution is 9.10. The lowest BCUT2D eigenvalue weighted by atomic mass is 10.1. The van der Waals surface area contributed by atoms with Gasteiger partial charge in [0.05, 0.1) is 0 Å². The summed E-state index contributed by atoms with van der Waals surface area (Å²) in [4.78, 5) is 13.4. The molecule has 2 nitrogen and oxygen atoms in total. The second kappa shape index (κ2) is 5.44. The lowest BCUT2D eigenvalue weighted by Crippen LogP contribution is -2.40. The van der Waals surface area contributed by atoms with E-state index >= 15 is 0 Å². The molecule has 0 N–H and O–H groups in total. The molecule has 0 amide bonds. The van der Waals surface area contributed by atoms with Gasteiger partial charge in [0.2, 0.25) is 0 Å². The lowest BCUT2D eigenvalue weighted by Gasteiger charge is -2.36. The zero-order valence-corrected chi connectivity index (χ0v) is 12.4. The zero-order valence-electron chi connectivity index (χ0n) is 10.0. The molecule has 0 spiro atoms. The van der Waals surface area contributed by atoms with Gasteiger partial charge in [0.15, 0.2) is 6.29 Å². The van der Waals surface area contributed by atoms with Crippen molar-refractivity contribution in [2.24, 2.45) is 0 Å². The molecule has 4 heteroatoms. The summed E-state index contributed by atoms with van der Waals surface area (Å²) in [5.74, 6) is 0. The summed E-state index contributed by atoms with van der Waals surface area (Å²) in [5, 5.41) is 1.22. The smallest absolute Gasteiger partial charge is 0.152 e. The summed E-state index contributed by atoms with van der Waals surface area (Å²) in [6.45, 7) is 6.50. The van der Waals surface area contributed by atoms with Crippen LogP contribution in [0.5, 0.6) is 0 Å². The fourth-order valence-electron chi connectivity index (χ4n) is 2.26. The van der Waals surface area contributed by atoms with Gasteiger partial charge < -0.3 is 4.90 Å². The van der Waals surface area contributed by atoms with Crippen LogP contribution in [-0.2, 0) is 0 Å². The van der Waals surface area contributed by atoms with Crippen molar-refractivity contribution in [1.82, 2.24) is 0 Å². The van der Waals surface area contributed by atoms with E-state index in [-0.39, 0.29) is 0 Å². The van der Waals surface area contributed by atoms with Gasteiger partial charge in [-0.25, -0.2) is 0 Å². The van der Waals surface area contributed by atoms with E-state index in [0.717, 1.165) is 35.1 Å². The monoisotopic (exact) mass is 313 g/mol. The number of benzene rings is 1. The number of thioether (sulfide) groups is 1. The summed E-state index contributed by atoms with van der Waals surface area (Å²) in [6, 6.07) is 5.83. The van der Waals surface area contributed by atoms with Gasteiger partial charge in [0.25, 0.3) is 0 Å². The molecule has 1 aliphatic rings. The molecule has 1 heterocycles. The lowest BCUT2D eigenvalue weighted by molar-refractivity contribution is 0.112. The van der Waals surface area contributed by atoms with Crippen molar-refractivity contribution in [3.05, 3.63) is 28.2 Å². The Bertz CT molecular complexity index is 414. The van der Waals surface area contributed by atoms with Gasteiger partial charge >= 0.3 is 0 Å². The van der Waals surface area contributed by atoms with E-state index in [4.69, 9.17) is 0 Å². The van der Waals surface area contributed by atoms with Crippen molar-refractivity contribution in [3.8, 4) is 0 Å². The minimum atomic E-state index is 0.609. The number of hydrogen-bond donors (Lipinski definition) is 0. The van der Waals surface area contributed by atoms with Crippen molar-refractivity contribution in [2.45, 2.75) is 24.3 Å². The SMILES string of the molecule is CC1CN(c2cc(Br)ccc2C=O)CC(C)S1. The number of carbonyl (C=O) groups is 1. The van der Waals surface area contributed by atoms with Crippen molar-refractivity contribution >= 4 is 39.7 Å². The van der Waals surface area contributed by atoms with Crippen LogP contribution in [0.25, 0.3) is 0 Å². The van der Waals surface area contributed by atoms with Crippen LogP contribution in [0.2, 0.25) is 0 Å². The largest absolute Gasteiger partial charge is 0.369 e. The Balaban J connectivity index is 2.31. The zero-order chi connectivity index (χ0) is 12.4. The summed E-state index contributed by atoms with van der Waals surface area (Å²) >= 11 is 5.49. The topological polar surface area (TPSA) is 20.3 Å². The Morgan fingerprint density at radius 1 is 1.35 bits per heavy atom. The number of hydrogen-bond acceptors (Lipinski definition) is 3. The van der Waals surface area contributed by atoms with Crippen LogP contribution >= 0.6 is 27.7 Å². The number of rotatable bonds is 2. The van der Waals surface area contributed by atoms with E-state index in [9.17, 15) is 4.79 Å². The summed E-state index contributed by atoms with van der Waals surface area (Å²) in [6.07, 6.45) is 0.943. The number of halogens is 1. The summed E-state index contributed by atoms with van der Waals surface area (Å²) in [7, 11) is 0. The maximum absolute atomic E-state index is 11.1. The number of carbonyl (C=O) groups excluding carboxylic acids is 1. The van der Waals surface area contributed by atoms with Crippen LogP contribution in [0, 0.1) is 0 Å². The van der Waals surface area contributed by atoms with Gasteiger partial charge in [-0.2, -0.15) is 11.8 Å². The predicted molar refractivity (Wildman–Crippen MR) is 78.3 cm³/mol. The number of nitrogens with zero attached hydrogens (tertiary/aromatic N) is 1. The second-order valence-electron chi connectivity index (χ2n) is 4.48. The van der Waals surface area contributed by atoms with E-state index in [2.05, 4.69) is 34.7 Å². The highest BCUT2D eigenvalue weighted by Gasteiger charge is 2.23. The van der Waals surface area contributed by atoms with Crippen LogP contribution in [0.1, 0.15) is 24.2 Å². The van der Waals surface area contributed by atoms with E-state index in [0.29, 0.717) is 10.5 Å². The highest BCUT2D eigenvalue weighted by Crippen LogP contribution is 2.31. The van der Waals surface area contributed by atoms with Gasteiger partial charge in [-0.1, -0.05) is 29.8 Å². The number of anilines is 1. The molecule has 2 rings (SSSR count).